The second kappa shape index (κ2) is 9.61. The molecule has 0 saturated heterocycles. The van der Waals surface area contributed by atoms with Crippen LogP contribution in [0.5, 0.6) is 0 Å². The molecular weight excluding hydrogens is 160 g/mol. The lowest BCUT2D eigenvalue weighted by atomic mass is 10.0. The first-order valence-corrected chi connectivity index (χ1v) is 5.42. The molecule has 0 aromatic rings. The molecule has 0 amide bonds. The number of terminal acetylenes is 1. The van der Waals surface area contributed by atoms with Crippen LogP contribution >= 0.6 is 0 Å². The molecule has 0 bridgehead atoms. The molecule has 1 nitrogen and oxygen atoms in total. The molecule has 0 aliphatic heterocycles. The highest BCUT2D eigenvalue weighted by molar-refractivity contribution is 4.83. The maximum Gasteiger partial charge on any atom is 0.0540 e. The van der Waals surface area contributed by atoms with Crippen molar-refractivity contribution in [2.45, 2.75) is 64.4 Å². The first kappa shape index (κ1) is 12.5. The summed E-state index contributed by atoms with van der Waals surface area (Å²) in [6.45, 7) is 2.20. The van der Waals surface area contributed by atoms with Gasteiger partial charge in [-0.05, 0) is 19.3 Å². The lowest BCUT2D eigenvalue weighted by Gasteiger charge is -2.08. The van der Waals surface area contributed by atoms with Gasteiger partial charge in [-0.1, -0.05) is 32.6 Å². The molecule has 0 aliphatic rings. The SMILES string of the molecule is C#CCCCC(O)CCCCCC. The Morgan fingerprint density at radius 2 is 1.85 bits per heavy atom. The smallest absolute Gasteiger partial charge is 0.0540 e. The van der Waals surface area contributed by atoms with E-state index in [1.807, 2.05) is 0 Å². The van der Waals surface area contributed by atoms with Gasteiger partial charge in [-0.2, -0.15) is 0 Å². The van der Waals surface area contributed by atoms with Crippen molar-refractivity contribution in [2.24, 2.45) is 0 Å². The molecule has 0 rings (SSSR count). The van der Waals surface area contributed by atoms with Crippen molar-refractivity contribution in [1.82, 2.24) is 0 Å². The van der Waals surface area contributed by atoms with Crippen LogP contribution in [0.3, 0.4) is 0 Å². The third kappa shape index (κ3) is 9.43. The zero-order chi connectivity index (χ0) is 9.94. The number of aliphatic hydroxyl groups is 1. The quantitative estimate of drug-likeness (QED) is 0.451. The standard InChI is InChI=1S/C12H22O/c1-3-5-7-9-11-12(13)10-8-6-4-2/h2,12-13H,3,5-11H2,1H3. The molecule has 0 aliphatic carbocycles. The molecular formula is C12H22O. The molecule has 1 unspecified atom stereocenters. The van der Waals surface area contributed by atoms with E-state index in [2.05, 4.69) is 12.8 Å². The van der Waals surface area contributed by atoms with Crippen molar-refractivity contribution < 1.29 is 5.11 Å². The molecule has 0 aromatic carbocycles. The van der Waals surface area contributed by atoms with Crippen molar-refractivity contribution >= 4 is 0 Å². The maximum absolute atomic E-state index is 9.51. The number of hydrogen-bond acceptors (Lipinski definition) is 1. The summed E-state index contributed by atoms with van der Waals surface area (Å²) in [5, 5.41) is 9.51. The largest absolute Gasteiger partial charge is 0.393 e. The summed E-state index contributed by atoms with van der Waals surface area (Å²) in [5.74, 6) is 2.59. The summed E-state index contributed by atoms with van der Waals surface area (Å²) in [6.07, 6.45) is 13.5. The van der Waals surface area contributed by atoms with E-state index in [-0.39, 0.29) is 6.10 Å². The molecule has 1 heteroatoms. The van der Waals surface area contributed by atoms with Crippen LogP contribution in [0, 0.1) is 12.3 Å². The molecule has 76 valence electrons. The molecule has 0 saturated carbocycles. The Morgan fingerprint density at radius 3 is 2.46 bits per heavy atom. The lowest BCUT2D eigenvalue weighted by Crippen LogP contribution is -2.05. The number of rotatable bonds is 8. The molecule has 0 radical (unpaired) electrons. The van der Waals surface area contributed by atoms with Crippen molar-refractivity contribution in [3.63, 3.8) is 0 Å². The average molecular weight is 182 g/mol. The van der Waals surface area contributed by atoms with E-state index < -0.39 is 0 Å². The van der Waals surface area contributed by atoms with Crippen LogP contribution in [0.1, 0.15) is 58.3 Å². The Balaban J connectivity index is 3.11. The second-order valence-corrected chi connectivity index (χ2v) is 3.60. The summed E-state index contributed by atoms with van der Waals surface area (Å²) < 4.78 is 0. The van der Waals surface area contributed by atoms with Gasteiger partial charge in [-0.15, -0.1) is 12.3 Å². The van der Waals surface area contributed by atoms with Gasteiger partial charge in [-0.25, -0.2) is 0 Å². The van der Waals surface area contributed by atoms with Crippen LogP contribution in [0.2, 0.25) is 0 Å². The summed E-state index contributed by atoms with van der Waals surface area (Å²) in [5.41, 5.74) is 0. The van der Waals surface area contributed by atoms with Crippen molar-refractivity contribution in [3.8, 4) is 12.3 Å². The molecule has 0 fully saturated rings. The van der Waals surface area contributed by atoms with E-state index in [1.54, 1.807) is 0 Å². The van der Waals surface area contributed by atoms with Gasteiger partial charge in [0.15, 0.2) is 0 Å². The molecule has 0 heterocycles. The summed E-state index contributed by atoms with van der Waals surface area (Å²) >= 11 is 0. The lowest BCUT2D eigenvalue weighted by molar-refractivity contribution is 0.149. The third-order valence-electron chi connectivity index (χ3n) is 2.25. The number of hydrogen-bond donors (Lipinski definition) is 1. The van der Waals surface area contributed by atoms with Crippen LogP contribution < -0.4 is 0 Å². The van der Waals surface area contributed by atoms with Crippen LogP contribution in [-0.2, 0) is 0 Å². The van der Waals surface area contributed by atoms with Gasteiger partial charge < -0.3 is 5.11 Å². The molecule has 1 atom stereocenters. The van der Waals surface area contributed by atoms with Gasteiger partial charge in [0, 0.05) is 6.42 Å². The van der Waals surface area contributed by atoms with E-state index in [0.29, 0.717) is 0 Å². The fourth-order valence-electron chi connectivity index (χ4n) is 1.39. The Labute approximate surface area is 82.5 Å². The first-order chi connectivity index (χ1) is 6.31. The molecule has 13 heavy (non-hydrogen) atoms. The molecule has 0 spiro atoms. The normalized spacial score (nSPS) is 12.4. The van der Waals surface area contributed by atoms with Crippen LogP contribution in [-0.4, -0.2) is 11.2 Å². The summed E-state index contributed by atoms with van der Waals surface area (Å²) in [6, 6.07) is 0. The van der Waals surface area contributed by atoms with Crippen molar-refractivity contribution in [2.75, 3.05) is 0 Å². The highest BCUT2D eigenvalue weighted by atomic mass is 16.3. The minimum absolute atomic E-state index is 0.120. The first-order valence-electron chi connectivity index (χ1n) is 5.42. The highest BCUT2D eigenvalue weighted by Gasteiger charge is 2.02. The van der Waals surface area contributed by atoms with Crippen molar-refractivity contribution in [1.29, 1.82) is 0 Å². The van der Waals surface area contributed by atoms with E-state index in [0.717, 1.165) is 32.1 Å². The predicted octanol–water partition coefficient (Wildman–Crippen LogP) is 3.12. The number of aliphatic hydroxyl groups excluding tert-OH is 1. The topological polar surface area (TPSA) is 20.2 Å². The Bertz CT molecular complexity index is 135. The summed E-state index contributed by atoms with van der Waals surface area (Å²) in [4.78, 5) is 0. The van der Waals surface area contributed by atoms with Crippen molar-refractivity contribution in [3.05, 3.63) is 0 Å². The van der Waals surface area contributed by atoms with Crippen LogP contribution in [0.15, 0.2) is 0 Å². The molecule has 1 N–H and O–H groups in total. The fourth-order valence-corrected chi connectivity index (χ4v) is 1.39. The van der Waals surface area contributed by atoms with Gasteiger partial charge in [0.1, 0.15) is 0 Å². The third-order valence-corrected chi connectivity index (χ3v) is 2.25. The van der Waals surface area contributed by atoms with E-state index in [9.17, 15) is 5.11 Å². The Kier molecular flexibility index (Phi) is 9.25. The summed E-state index contributed by atoms with van der Waals surface area (Å²) in [7, 11) is 0. The molecule has 0 aromatic heterocycles. The van der Waals surface area contributed by atoms with Gasteiger partial charge in [0.05, 0.1) is 6.10 Å². The van der Waals surface area contributed by atoms with E-state index >= 15 is 0 Å². The maximum atomic E-state index is 9.51. The van der Waals surface area contributed by atoms with Gasteiger partial charge in [0.2, 0.25) is 0 Å². The minimum Gasteiger partial charge on any atom is -0.393 e. The zero-order valence-electron chi connectivity index (χ0n) is 8.76. The number of unbranched alkanes of at least 4 members (excludes halogenated alkanes) is 4. The van der Waals surface area contributed by atoms with Gasteiger partial charge in [0.25, 0.3) is 0 Å². The van der Waals surface area contributed by atoms with Crippen LogP contribution in [0.25, 0.3) is 0 Å². The van der Waals surface area contributed by atoms with E-state index in [4.69, 9.17) is 6.42 Å². The minimum atomic E-state index is -0.120. The zero-order valence-corrected chi connectivity index (χ0v) is 8.76. The van der Waals surface area contributed by atoms with Gasteiger partial charge in [-0.3, -0.25) is 0 Å². The van der Waals surface area contributed by atoms with E-state index in [1.165, 1.54) is 19.3 Å². The van der Waals surface area contributed by atoms with Gasteiger partial charge >= 0.3 is 0 Å². The Morgan fingerprint density at radius 1 is 1.15 bits per heavy atom. The predicted molar refractivity (Wildman–Crippen MR) is 57.4 cm³/mol. The second-order valence-electron chi connectivity index (χ2n) is 3.60. The monoisotopic (exact) mass is 182 g/mol. The highest BCUT2D eigenvalue weighted by Crippen LogP contribution is 2.10. The Hall–Kier alpha value is -0.480. The van der Waals surface area contributed by atoms with Crippen LogP contribution in [0.4, 0.5) is 0 Å². The fraction of sp³-hybridized carbons (Fsp3) is 0.833. The average Bonchev–Trinajstić information content (AvgIpc) is 2.13.